The number of anilines is 2. The second-order valence-electron chi connectivity index (χ2n) is 6.74. The van der Waals surface area contributed by atoms with E-state index >= 15 is 0 Å². The number of benzene rings is 2. The van der Waals surface area contributed by atoms with Crippen molar-refractivity contribution in [3.8, 4) is 11.3 Å². The van der Waals surface area contributed by atoms with E-state index in [1.165, 1.54) is 5.56 Å². The molecule has 5 nitrogen and oxygen atoms in total. The lowest BCUT2D eigenvalue weighted by Gasteiger charge is -2.09. The van der Waals surface area contributed by atoms with E-state index in [1.807, 2.05) is 50.2 Å². The first kappa shape index (κ1) is 17.1. The highest BCUT2D eigenvalue weighted by Crippen LogP contribution is 2.27. The normalized spacial score (nSPS) is 11.0. The van der Waals surface area contributed by atoms with Crippen molar-refractivity contribution in [3.63, 3.8) is 0 Å². The third kappa shape index (κ3) is 3.77. The second-order valence-corrected chi connectivity index (χ2v) is 6.74. The minimum absolute atomic E-state index is 0.739. The van der Waals surface area contributed by atoms with Crippen molar-refractivity contribution in [2.45, 2.75) is 20.3 Å². The van der Waals surface area contributed by atoms with Crippen molar-refractivity contribution >= 4 is 22.5 Å². The number of nitrogens with zero attached hydrogens (tertiary/aromatic N) is 2. The molecule has 0 bridgehead atoms. The molecule has 0 aliphatic rings. The predicted octanol–water partition coefficient (Wildman–Crippen LogP) is 4.74. The van der Waals surface area contributed by atoms with Crippen LogP contribution in [0.15, 0.2) is 59.2 Å². The number of fused-ring (bicyclic) bond motifs is 1. The molecule has 0 spiro atoms. The standard InChI is InChI=1S/C22H22N4O/c1-14-13-27-21-7-6-17(11-19(14)21)20-12-22(26-15(2)25-20)24-9-8-16-4-3-5-18(23)10-16/h3-7,10-13H,8-9,23H2,1-2H3,(H,24,25,26). The van der Waals surface area contributed by atoms with E-state index in [2.05, 4.69) is 27.4 Å². The van der Waals surface area contributed by atoms with Crippen LogP contribution in [-0.4, -0.2) is 16.5 Å². The number of nitrogen functional groups attached to an aromatic ring is 1. The second kappa shape index (κ2) is 7.11. The van der Waals surface area contributed by atoms with Crippen LogP contribution < -0.4 is 11.1 Å². The Bertz CT molecular complexity index is 1100. The molecule has 0 amide bonds. The monoisotopic (exact) mass is 358 g/mol. The Morgan fingerprint density at radius 2 is 1.93 bits per heavy atom. The van der Waals surface area contributed by atoms with Crippen LogP contribution in [0.4, 0.5) is 11.5 Å². The van der Waals surface area contributed by atoms with Gasteiger partial charge in [-0.25, -0.2) is 9.97 Å². The number of nitrogens with one attached hydrogen (secondary N) is 1. The number of nitrogens with two attached hydrogens (primary N) is 1. The van der Waals surface area contributed by atoms with Gasteiger partial charge < -0.3 is 15.5 Å². The van der Waals surface area contributed by atoms with E-state index in [-0.39, 0.29) is 0 Å². The Balaban J connectivity index is 1.54. The molecule has 0 unspecified atom stereocenters. The van der Waals surface area contributed by atoms with Crippen molar-refractivity contribution in [2.75, 3.05) is 17.6 Å². The lowest BCUT2D eigenvalue weighted by Crippen LogP contribution is -2.08. The van der Waals surface area contributed by atoms with Crippen LogP contribution >= 0.6 is 0 Å². The summed E-state index contributed by atoms with van der Waals surface area (Å²) in [7, 11) is 0. The van der Waals surface area contributed by atoms with Crippen LogP contribution in [0.5, 0.6) is 0 Å². The van der Waals surface area contributed by atoms with Gasteiger partial charge in [-0.15, -0.1) is 0 Å². The van der Waals surface area contributed by atoms with E-state index in [1.54, 1.807) is 6.26 Å². The molecule has 27 heavy (non-hydrogen) atoms. The maximum atomic E-state index is 5.84. The molecule has 2 aromatic heterocycles. The molecule has 4 rings (SSSR count). The molecule has 2 heterocycles. The SMILES string of the molecule is Cc1nc(NCCc2cccc(N)c2)cc(-c2ccc3occ(C)c3c2)n1. The topological polar surface area (TPSA) is 77.0 Å². The quantitative estimate of drug-likeness (QED) is 0.504. The van der Waals surface area contributed by atoms with Crippen molar-refractivity contribution < 1.29 is 4.42 Å². The number of furan rings is 1. The molecule has 0 fully saturated rings. The fraction of sp³-hybridized carbons (Fsp3) is 0.182. The van der Waals surface area contributed by atoms with Gasteiger partial charge in [-0.1, -0.05) is 12.1 Å². The summed E-state index contributed by atoms with van der Waals surface area (Å²) in [5.74, 6) is 1.56. The van der Waals surface area contributed by atoms with Gasteiger partial charge in [-0.2, -0.15) is 0 Å². The van der Waals surface area contributed by atoms with Gasteiger partial charge in [-0.3, -0.25) is 0 Å². The molecule has 0 radical (unpaired) electrons. The molecule has 5 heteroatoms. The largest absolute Gasteiger partial charge is 0.464 e. The summed E-state index contributed by atoms with van der Waals surface area (Å²) in [6.45, 7) is 4.73. The molecular formula is C22H22N4O. The third-order valence-electron chi connectivity index (χ3n) is 4.57. The molecule has 0 atom stereocenters. The van der Waals surface area contributed by atoms with Gasteiger partial charge >= 0.3 is 0 Å². The van der Waals surface area contributed by atoms with Gasteiger partial charge in [-0.05, 0) is 61.7 Å². The lowest BCUT2D eigenvalue weighted by atomic mass is 10.1. The Kier molecular flexibility index (Phi) is 4.50. The molecule has 3 N–H and O–H groups in total. The highest BCUT2D eigenvalue weighted by molar-refractivity contribution is 5.85. The fourth-order valence-corrected chi connectivity index (χ4v) is 3.21. The van der Waals surface area contributed by atoms with Crippen LogP contribution in [0.3, 0.4) is 0 Å². The first-order valence-electron chi connectivity index (χ1n) is 9.01. The third-order valence-corrected chi connectivity index (χ3v) is 4.57. The molecule has 0 aliphatic carbocycles. The van der Waals surface area contributed by atoms with Crippen molar-refractivity contribution in [3.05, 3.63) is 71.7 Å². The van der Waals surface area contributed by atoms with E-state index in [0.29, 0.717) is 0 Å². The zero-order valence-corrected chi connectivity index (χ0v) is 15.5. The maximum absolute atomic E-state index is 5.84. The molecule has 2 aromatic carbocycles. The number of rotatable bonds is 5. The van der Waals surface area contributed by atoms with Gasteiger partial charge in [0.25, 0.3) is 0 Å². The van der Waals surface area contributed by atoms with Crippen LogP contribution in [0.1, 0.15) is 17.0 Å². The fourth-order valence-electron chi connectivity index (χ4n) is 3.21. The first-order valence-corrected chi connectivity index (χ1v) is 9.01. The molecule has 0 aliphatic heterocycles. The Morgan fingerprint density at radius 1 is 1.04 bits per heavy atom. The van der Waals surface area contributed by atoms with Crippen LogP contribution in [-0.2, 0) is 6.42 Å². The highest BCUT2D eigenvalue weighted by Gasteiger charge is 2.08. The van der Waals surface area contributed by atoms with Crippen LogP contribution in [0.25, 0.3) is 22.2 Å². The van der Waals surface area contributed by atoms with Gasteiger partial charge in [0, 0.05) is 29.2 Å². The summed E-state index contributed by atoms with van der Waals surface area (Å²) >= 11 is 0. The zero-order valence-electron chi connectivity index (χ0n) is 15.5. The zero-order chi connectivity index (χ0) is 18.8. The van der Waals surface area contributed by atoms with Gasteiger partial charge in [0.2, 0.25) is 0 Å². The van der Waals surface area contributed by atoms with E-state index in [9.17, 15) is 0 Å². The molecular weight excluding hydrogens is 336 g/mol. The smallest absolute Gasteiger partial charge is 0.134 e. The predicted molar refractivity (Wildman–Crippen MR) is 110 cm³/mol. The summed E-state index contributed by atoms with van der Waals surface area (Å²) in [5, 5.41) is 4.51. The molecule has 136 valence electrons. The Morgan fingerprint density at radius 3 is 2.78 bits per heavy atom. The molecule has 0 saturated carbocycles. The molecule has 0 saturated heterocycles. The summed E-state index contributed by atoms with van der Waals surface area (Å²) in [5.41, 5.74) is 11.8. The minimum atomic E-state index is 0.739. The minimum Gasteiger partial charge on any atom is -0.464 e. The average molecular weight is 358 g/mol. The number of aryl methyl sites for hydroxylation is 2. The highest BCUT2D eigenvalue weighted by atomic mass is 16.3. The average Bonchev–Trinajstić information content (AvgIpc) is 3.02. The van der Waals surface area contributed by atoms with E-state index < -0.39 is 0 Å². The van der Waals surface area contributed by atoms with E-state index in [4.69, 9.17) is 10.2 Å². The lowest BCUT2D eigenvalue weighted by molar-refractivity contribution is 0.613. The summed E-state index contributed by atoms with van der Waals surface area (Å²) in [6.07, 6.45) is 2.66. The number of aromatic nitrogens is 2. The first-order chi connectivity index (χ1) is 13.1. The van der Waals surface area contributed by atoms with Crippen LogP contribution in [0.2, 0.25) is 0 Å². The Hall–Kier alpha value is -3.34. The van der Waals surface area contributed by atoms with Gasteiger partial charge in [0.05, 0.1) is 12.0 Å². The summed E-state index contributed by atoms with van der Waals surface area (Å²) in [4.78, 5) is 9.12. The van der Waals surface area contributed by atoms with Crippen molar-refractivity contribution in [1.29, 1.82) is 0 Å². The van der Waals surface area contributed by atoms with Gasteiger partial charge in [0.15, 0.2) is 0 Å². The van der Waals surface area contributed by atoms with Crippen molar-refractivity contribution in [2.24, 2.45) is 0 Å². The van der Waals surface area contributed by atoms with Crippen molar-refractivity contribution in [1.82, 2.24) is 9.97 Å². The Labute approximate surface area is 158 Å². The number of hydrogen-bond donors (Lipinski definition) is 2. The van der Waals surface area contributed by atoms with E-state index in [0.717, 1.165) is 58.1 Å². The summed E-state index contributed by atoms with van der Waals surface area (Å²) in [6, 6.07) is 16.1. The maximum Gasteiger partial charge on any atom is 0.134 e. The number of hydrogen-bond acceptors (Lipinski definition) is 5. The van der Waals surface area contributed by atoms with Gasteiger partial charge in [0.1, 0.15) is 17.2 Å². The van der Waals surface area contributed by atoms with Crippen LogP contribution in [0, 0.1) is 13.8 Å². The summed E-state index contributed by atoms with van der Waals surface area (Å²) < 4.78 is 5.54. The molecule has 4 aromatic rings.